The van der Waals surface area contributed by atoms with E-state index in [0.29, 0.717) is 12.8 Å². The van der Waals surface area contributed by atoms with Crippen molar-refractivity contribution in [3.63, 3.8) is 0 Å². The molecule has 0 aromatic heterocycles. The molecule has 0 spiro atoms. The van der Waals surface area contributed by atoms with Gasteiger partial charge >= 0.3 is 6.09 Å². The number of rotatable bonds is 6. The van der Waals surface area contributed by atoms with Crippen molar-refractivity contribution < 1.29 is 48.5 Å². The van der Waals surface area contributed by atoms with Gasteiger partial charge in [0.2, 0.25) is 5.91 Å². The minimum absolute atomic E-state index is 0.0526. The van der Waals surface area contributed by atoms with Gasteiger partial charge in [-0.2, -0.15) is 0 Å². The molecule has 13 heteroatoms. The average molecular weight is 570 g/mol. The predicted molar refractivity (Wildman–Crippen MR) is 138 cm³/mol. The summed E-state index contributed by atoms with van der Waals surface area (Å²) in [6.45, 7) is -0.321. The Hall–Kier alpha value is -3.97. The number of aromatic hydroxyl groups is 1. The first-order valence-electron chi connectivity index (χ1n) is 13.3. The first-order chi connectivity index (χ1) is 19.2. The maximum atomic E-state index is 13.9. The largest absolute Gasteiger partial charge is 0.507 e. The van der Waals surface area contributed by atoms with E-state index in [1.54, 1.807) is 0 Å². The summed E-state index contributed by atoms with van der Waals surface area (Å²) < 4.78 is 4.80. The molecule has 2 unspecified atom stereocenters. The Bertz CT molecular complexity index is 1420. The number of nitrogens with two attached hydrogens (primary N) is 1. The number of carbonyl (C=O) groups excluding carboxylic acids is 7. The molecular weight excluding hydrogens is 538 g/mol. The van der Waals surface area contributed by atoms with Gasteiger partial charge in [0.1, 0.15) is 5.75 Å². The Kier molecular flexibility index (Phi) is 6.85. The number of amides is 2. The lowest BCUT2D eigenvalue weighted by atomic mass is 9.52. The number of phenolic OH excluding ortho intramolecular Hbond substituents is 1. The number of fused-ring (bicyclic) bond motifs is 3. The molecule has 41 heavy (non-hydrogen) atoms. The van der Waals surface area contributed by atoms with Gasteiger partial charge in [0.15, 0.2) is 40.4 Å². The van der Waals surface area contributed by atoms with Crippen molar-refractivity contribution >= 4 is 40.9 Å². The Balaban J connectivity index is 1.56. The van der Waals surface area contributed by atoms with Crippen molar-refractivity contribution in [1.29, 1.82) is 0 Å². The van der Waals surface area contributed by atoms with Crippen molar-refractivity contribution in [2.75, 3.05) is 27.7 Å². The zero-order valence-corrected chi connectivity index (χ0v) is 22.8. The number of hydrogen-bond acceptors (Lipinski definition) is 11. The molecule has 0 saturated heterocycles. The molecule has 2 amide bonds. The van der Waals surface area contributed by atoms with Gasteiger partial charge < -0.3 is 20.7 Å². The summed E-state index contributed by atoms with van der Waals surface area (Å²) in [7, 11) is 4.20. The number of Topliss-reactive ketones (excluding diaryl/α,β-unsaturated/α-hetero) is 5. The summed E-state index contributed by atoms with van der Waals surface area (Å²) >= 11 is 0. The van der Waals surface area contributed by atoms with E-state index in [0.717, 1.165) is 6.07 Å². The van der Waals surface area contributed by atoms with Crippen LogP contribution < -0.4 is 5.73 Å². The average Bonchev–Trinajstić information content (AvgIpc) is 3.74. The van der Waals surface area contributed by atoms with Crippen LogP contribution in [0.15, 0.2) is 12.1 Å². The first-order valence-corrected chi connectivity index (χ1v) is 13.3. The number of ketones is 5. The van der Waals surface area contributed by atoms with Crippen molar-refractivity contribution in [3.05, 3.63) is 28.8 Å². The molecule has 3 fully saturated rings. The van der Waals surface area contributed by atoms with E-state index in [2.05, 4.69) is 0 Å². The molecule has 1 aromatic carbocycles. The van der Waals surface area contributed by atoms with Crippen LogP contribution in [0.25, 0.3) is 0 Å². The molecule has 218 valence electrons. The number of methoxy groups -OCH3 is 1. The third-order valence-electron chi connectivity index (χ3n) is 8.96. The SMILES string of the molecule is COC(=O)N(CC(=O)c1ccc(O)c2c1C[C@H]1C[C@H]3[C@@H](N(C)C)C(=O)C(C(N)=O)C(=O)[C@@]3(O)C(=O)C1C2=O)C1CC1. The van der Waals surface area contributed by atoms with Crippen molar-refractivity contribution in [2.45, 2.75) is 43.4 Å². The summed E-state index contributed by atoms with van der Waals surface area (Å²) in [5.41, 5.74) is 2.48. The summed E-state index contributed by atoms with van der Waals surface area (Å²) in [6, 6.07) is 1.12. The van der Waals surface area contributed by atoms with Crippen molar-refractivity contribution in [2.24, 2.45) is 29.4 Å². The second kappa shape index (κ2) is 9.84. The molecule has 4 N–H and O–H groups in total. The van der Waals surface area contributed by atoms with E-state index in [9.17, 15) is 43.8 Å². The normalized spacial score (nSPS) is 30.8. The summed E-state index contributed by atoms with van der Waals surface area (Å²) in [4.78, 5) is 94.7. The fourth-order valence-corrected chi connectivity index (χ4v) is 6.95. The van der Waals surface area contributed by atoms with Gasteiger partial charge in [0.25, 0.3) is 0 Å². The lowest BCUT2D eigenvalue weighted by Crippen LogP contribution is -2.74. The summed E-state index contributed by atoms with van der Waals surface area (Å²) in [5.74, 6) is -12.2. The van der Waals surface area contributed by atoms with E-state index in [1.807, 2.05) is 0 Å². The van der Waals surface area contributed by atoms with Gasteiger partial charge in [0, 0.05) is 17.5 Å². The van der Waals surface area contributed by atoms with E-state index >= 15 is 0 Å². The van der Waals surface area contributed by atoms with Gasteiger partial charge in [-0.05, 0) is 63.4 Å². The lowest BCUT2D eigenvalue weighted by Gasteiger charge is -2.52. The molecule has 0 bridgehead atoms. The molecule has 0 radical (unpaired) electrons. The zero-order chi connectivity index (χ0) is 30.1. The number of nitrogens with zero attached hydrogens (tertiary/aromatic N) is 2. The highest BCUT2D eigenvalue weighted by molar-refractivity contribution is 6.32. The third-order valence-corrected chi connectivity index (χ3v) is 8.96. The monoisotopic (exact) mass is 569 g/mol. The number of likely N-dealkylation sites (N-methyl/N-ethyl adjacent to an activating group) is 1. The molecule has 4 aliphatic carbocycles. The fraction of sp³-hybridized carbons (Fsp3) is 0.536. The number of phenols is 1. The fourth-order valence-electron chi connectivity index (χ4n) is 6.95. The smallest absolute Gasteiger partial charge is 0.410 e. The highest BCUT2D eigenvalue weighted by atomic mass is 16.5. The van der Waals surface area contributed by atoms with Crippen molar-refractivity contribution in [3.8, 4) is 5.75 Å². The number of aliphatic hydroxyl groups is 1. The van der Waals surface area contributed by atoms with Crippen LogP contribution in [0.3, 0.4) is 0 Å². The number of benzene rings is 1. The highest BCUT2D eigenvalue weighted by Crippen LogP contribution is 2.51. The summed E-state index contributed by atoms with van der Waals surface area (Å²) in [6.07, 6.45) is 0.571. The van der Waals surface area contributed by atoms with Crippen LogP contribution in [0, 0.1) is 23.7 Å². The quantitative estimate of drug-likeness (QED) is 0.288. The van der Waals surface area contributed by atoms with Crippen LogP contribution in [-0.2, 0) is 30.3 Å². The van der Waals surface area contributed by atoms with Crippen LogP contribution in [0.4, 0.5) is 4.79 Å². The maximum Gasteiger partial charge on any atom is 0.410 e. The molecular formula is C28H31N3O10. The third kappa shape index (κ3) is 4.17. The highest BCUT2D eigenvalue weighted by Gasteiger charge is 2.69. The second-order valence-electron chi connectivity index (χ2n) is 11.5. The minimum Gasteiger partial charge on any atom is -0.507 e. The summed E-state index contributed by atoms with van der Waals surface area (Å²) in [5, 5.41) is 22.3. The van der Waals surface area contributed by atoms with Crippen LogP contribution >= 0.6 is 0 Å². The topological polar surface area (TPSA) is 202 Å². The lowest BCUT2D eigenvalue weighted by molar-refractivity contribution is -0.181. The Morgan fingerprint density at radius 3 is 2.32 bits per heavy atom. The first kappa shape index (κ1) is 28.6. The molecule has 4 aliphatic rings. The van der Waals surface area contributed by atoms with Gasteiger partial charge in [0.05, 0.1) is 31.2 Å². The van der Waals surface area contributed by atoms with Crippen LogP contribution in [0.1, 0.15) is 45.5 Å². The Morgan fingerprint density at radius 2 is 1.76 bits per heavy atom. The number of carbonyl (C=O) groups is 7. The molecule has 0 aliphatic heterocycles. The predicted octanol–water partition coefficient (Wildman–Crippen LogP) is -0.719. The van der Waals surface area contributed by atoms with E-state index in [1.165, 1.54) is 37.1 Å². The second-order valence-corrected chi connectivity index (χ2v) is 11.5. The van der Waals surface area contributed by atoms with Crippen LogP contribution in [-0.4, -0.2) is 106 Å². The number of hydrogen-bond donors (Lipinski definition) is 3. The van der Waals surface area contributed by atoms with E-state index in [-0.39, 0.29) is 42.1 Å². The van der Waals surface area contributed by atoms with E-state index < -0.39 is 82.0 Å². The molecule has 5 rings (SSSR count). The Morgan fingerprint density at radius 1 is 1.10 bits per heavy atom. The minimum atomic E-state index is -2.83. The molecule has 1 aromatic rings. The number of ether oxygens (including phenoxy) is 1. The number of primary amides is 1. The van der Waals surface area contributed by atoms with Crippen molar-refractivity contribution in [1.82, 2.24) is 9.80 Å². The zero-order valence-electron chi connectivity index (χ0n) is 22.8. The van der Waals surface area contributed by atoms with Gasteiger partial charge in [-0.3, -0.25) is 38.6 Å². The van der Waals surface area contributed by atoms with Gasteiger partial charge in [-0.15, -0.1) is 0 Å². The molecule has 13 nitrogen and oxygen atoms in total. The van der Waals surface area contributed by atoms with Crippen LogP contribution in [0.2, 0.25) is 0 Å². The maximum absolute atomic E-state index is 13.9. The van der Waals surface area contributed by atoms with E-state index in [4.69, 9.17) is 10.5 Å². The molecule has 6 atom stereocenters. The van der Waals surface area contributed by atoms with Gasteiger partial charge in [-0.25, -0.2) is 4.79 Å². The van der Waals surface area contributed by atoms with Crippen LogP contribution in [0.5, 0.6) is 5.75 Å². The molecule has 0 heterocycles. The molecule has 3 saturated carbocycles. The standard InChI is InChI=1S/C28H31N3O10/c1-30(2)21-15-9-11-8-14-13(17(33)10-31(12-4-5-12)27(39)41-3)6-7-16(32)19(14)22(34)18(11)24(36)28(15,40)25(37)20(23(21)35)26(29)38/h6-7,11-12,15,18,20-21,32,40H,4-5,8-10H2,1-3H3,(H2,29,38)/t11-,15-,18?,20?,21+,28-/m0/s1. The van der Waals surface area contributed by atoms with Gasteiger partial charge in [-0.1, -0.05) is 0 Å². The Labute approximate surface area is 234 Å².